The zero-order valence-electron chi connectivity index (χ0n) is 16.2. The largest absolute Gasteiger partial charge is 0.440 e. The Morgan fingerprint density at radius 3 is 2.24 bits per heavy atom. The number of aromatic nitrogens is 2. The van der Waals surface area contributed by atoms with Crippen molar-refractivity contribution in [3.8, 4) is 11.6 Å². The fraction of sp³-hybridized carbons (Fsp3) is 0.438. The van der Waals surface area contributed by atoms with Gasteiger partial charge in [-0.15, -0.1) is 5.10 Å². The molecule has 2 rings (SSSR count). The summed E-state index contributed by atoms with van der Waals surface area (Å²) in [5.41, 5.74) is -0.917. The maximum absolute atomic E-state index is 14.5. The third-order valence-electron chi connectivity index (χ3n) is 3.86. The lowest BCUT2D eigenvalue weighted by atomic mass is 10.2. The first-order valence-corrected chi connectivity index (χ1v) is 10.1. The van der Waals surface area contributed by atoms with Crippen molar-refractivity contribution in [2.75, 3.05) is 18.1 Å². The third-order valence-corrected chi connectivity index (χ3v) is 5.72. The average Bonchev–Trinajstić information content (AvgIpc) is 2.93. The molecule has 0 amide bonds. The number of halogens is 11. The molecule has 2 atom stereocenters. The van der Waals surface area contributed by atoms with Gasteiger partial charge in [-0.1, -0.05) is 11.6 Å². The monoisotopic (exact) mass is 535 g/mol. The van der Waals surface area contributed by atoms with Crippen LogP contribution in [0.1, 0.15) is 5.56 Å². The van der Waals surface area contributed by atoms with E-state index >= 15 is 0 Å². The summed E-state index contributed by atoms with van der Waals surface area (Å²) in [4.78, 5) is -0.494. The van der Waals surface area contributed by atoms with Crippen LogP contribution in [0.5, 0.6) is 5.88 Å². The second-order valence-electron chi connectivity index (χ2n) is 6.37. The first-order chi connectivity index (χ1) is 14.9. The minimum atomic E-state index is -6.01. The first kappa shape index (κ1) is 27.0. The quantitative estimate of drug-likeness (QED) is 0.472. The van der Waals surface area contributed by atoms with Gasteiger partial charge in [-0.3, -0.25) is 4.21 Å². The topological polar surface area (TPSA) is 56.1 Å². The van der Waals surface area contributed by atoms with Crippen molar-refractivity contribution in [3.05, 3.63) is 28.5 Å². The lowest BCUT2D eigenvalue weighted by Gasteiger charge is -2.21. The summed E-state index contributed by atoms with van der Waals surface area (Å²) >= 11 is 5.74. The predicted octanol–water partition coefficient (Wildman–Crippen LogP) is 5.56. The van der Waals surface area contributed by atoms with Crippen LogP contribution in [0.25, 0.3) is 5.69 Å². The van der Waals surface area contributed by atoms with E-state index in [4.69, 9.17) is 11.6 Å². The minimum absolute atomic E-state index is 0.156. The van der Waals surface area contributed by atoms with E-state index in [0.717, 1.165) is 14.0 Å². The molecule has 0 bridgehead atoms. The average molecular weight is 536 g/mol. The highest BCUT2D eigenvalue weighted by Gasteiger charge is 2.60. The van der Waals surface area contributed by atoms with Crippen molar-refractivity contribution < 1.29 is 52.8 Å². The summed E-state index contributed by atoms with van der Waals surface area (Å²) in [7, 11) is -1.61. The smallest absolute Gasteiger partial charge is 0.409 e. The fourth-order valence-electron chi connectivity index (χ4n) is 2.48. The van der Waals surface area contributed by atoms with E-state index in [1.54, 1.807) is 0 Å². The Morgan fingerprint density at radius 1 is 1.18 bits per heavy atom. The van der Waals surface area contributed by atoms with Gasteiger partial charge in [0.25, 0.3) is 12.1 Å². The van der Waals surface area contributed by atoms with Crippen LogP contribution >= 0.6 is 11.6 Å². The number of aryl methyl sites for hydroxylation is 1. The molecule has 5 nitrogen and oxygen atoms in total. The van der Waals surface area contributed by atoms with Crippen LogP contribution in [0.3, 0.4) is 0 Å². The molecule has 0 fully saturated rings. The molecule has 0 radical (unpaired) electrons. The number of alkyl halides is 9. The van der Waals surface area contributed by atoms with Gasteiger partial charge in [0.05, 0.1) is 10.8 Å². The Balaban J connectivity index is 2.58. The summed E-state index contributed by atoms with van der Waals surface area (Å²) in [6.45, 7) is 1.15. The molecule has 0 aliphatic carbocycles. The highest BCUT2D eigenvalue weighted by molar-refractivity contribution is 7.85. The molecule has 186 valence electrons. The fourth-order valence-corrected chi connectivity index (χ4v) is 3.85. The number of nitrogens with one attached hydrogen (secondary N) is 1. The van der Waals surface area contributed by atoms with Gasteiger partial charge in [0, 0.05) is 11.9 Å². The van der Waals surface area contributed by atoms with E-state index in [0.29, 0.717) is 16.8 Å². The molecule has 0 aliphatic heterocycles. The molecule has 1 heterocycles. The molecule has 0 saturated heterocycles. The van der Waals surface area contributed by atoms with E-state index in [1.807, 2.05) is 0 Å². The molecule has 33 heavy (non-hydrogen) atoms. The molecule has 1 aromatic carbocycles. The van der Waals surface area contributed by atoms with Crippen LogP contribution in [0.4, 0.5) is 49.7 Å². The van der Waals surface area contributed by atoms with Gasteiger partial charge in [0.15, 0.2) is 5.82 Å². The normalized spacial score (nSPS) is 14.8. The van der Waals surface area contributed by atoms with E-state index in [9.17, 15) is 48.1 Å². The maximum Gasteiger partial charge on any atom is 0.440 e. The molecule has 2 aromatic rings. The molecule has 17 heteroatoms. The highest BCUT2D eigenvalue weighted by Crippen LogP contribution is 2.41. The van der Waals surface area contributed by atoms with Crippen molar-refractivity contribution in [2.24, 2.45) is 0 Å². The Hall–Kier alpha value is -2.23. The summed E-state index contributed by atoms with van der Waals surface area (Å²) < 4.78 is 146. The van der Waals surface area contributed by atoms with Crippen LogP contribution in [0.15, 0.2) is 17.0 Å². The third kappa shape index (κ3) is 6.02. The van der Waals surface area contributed by atoms with Crippen LogP contribution in [-0.2, 0) is 10.8 Å². The zero-order valence-corrected chi connectivity index (χ0v) is 17.8. The first-order valence-electron chi connectivity index (χ1n) is 8.38. The molecular weight excluding hydrogens is 524 g/mol. The second-order valence-corrected chi connectivity index (χ2v) is 8.17. The van der Waals surface area contributed by atoms with Crippen molar-refractivity contribution in [2.45, 2.75) is 36.5 Å². The van der Waals surface area contributed by atoms with Crippen LogP contribution in [-0.4, -0.2) is 51.4 Å². The van der Waals surface area contributed by atoms with E-state index in [2.05, 4.69) is 15.2 Å². The molecule has 0 aliphatic rings. The number of hydrogen-bond acceptors (Lipinski definition) is 4. The van der Waals surface area contributed by atoms with Crippen molar-refractivity contribution in [1.29, 1.82) is 0 Å². The molecule has 0 spiro atoms. The lowest BCUT2D eigenvalue weighted by molar-refractivity contribution is -0.305. The van der Waals surface area contributed by atoms with E-state index < -0.39 is 74.3 Å². The Morgan fingerprint density at radius 2 is 1.76 bits per heavy atom. The summed E-state index contributed by atoms with van der Waals surface area (Å²) in [6, 6.07) is 1.33. The SMILES string of the molecule is CNc1c(Cl)c(OC(F)(F)C(F)C(F)(F)F)nn1-c1cc(S(=O)CC(F)(F)F)c(C)cc1F. The van der Waals surface area contributed by atoms with Crippen molar-refractivity contribution in [1.82, 2.24) is 9.78 Å². The zero-order chi connectivity index (χ0) is 25.5. The number of hydrogen-bond donors (Lipinski definition) is 1. The van der Waals surface area contributed by atoms with Gasteiger partial charge in [0.2, 0.25) is 0 Å². The van der Waals surface area contributed by atoms with Gasteiger partial charge in [-0.05, 0) is 24.6 Å². The van der Waals surface area contributed by atoms with Crippen LogP contribution in [0, 0.1) is 12.7 Å². The number of benzene rings is 1. The van der Waals surface area contributed by atoms with Gasteiger partial charge >= 0.3 is 18.5 Å². The lowest BCUT2D eigenvalue weighted by Crippen LogP contribution is -2.45. The Labute approximate surface area is 186 Å². The maximum atomic E-state index is 14.5. The Kier molecular flexibility index (Phi) is 7.53. The molecule has 1 N–H and O–H groups in total. The van der Waals surface area contributed by atoms with Crippen LogP contribution in [0.2, 0.25) is 5.02 Å². The van der Waals surface area contributed by atoms with Crippen molar-refractivity contribution in [3.63, 3.8) is 0 Å². The van der Waals surface area contributed by atoms with E-state index in [1.165, 1.54) is 0 Å². The minimum Gasteiger partial charge on any atom is -0.409 e. The summed E-state index contributed by atoms with van der Waals surface area (Å²) in [6.07, 6.45) is -21.1. The highest BCUT2D eigenvalue weighted by atomic mass is 35.5. The van der Waals surface area contributed by atoms with Gasteiger partial charge in [-0.2, -0.15) is 35.1 Å². The number of anilines is 1. The Bertz CT molecular complexity index is 1050. The number of nitrogens with zero attached hydrogens (tertiary/aromatic N) is 2. The van der Waals surface area contributed by atoms with Gasteiger partial charge in [-0.25, -0.2) is 13.5 Å². The molecule has 1 aromatic heterocycles. The number of ether oxygens (including phenoxy) is 1. The number of rotatable bonds is 7. The molecular formula is C16H12ClF10N3O2S. The van der Waals surface area contributed by atoms with Crippen LogP contribution < -0.4 is 10.1 Å². The molecule has 0 saturated carbocycles. The van der Waals surface area contributed by atoms with E-state index in [-0.39, 0.29) is 5.56 Å². The molecule has 2 unspecified atom stereocenters. The summed E-state index contributed by atoms with van der Waals surface area (Å²) in [5.74, 6) is -4.99. The summed E-state index contributed by atoms with van der Waals surface area (Å²) in [5, 5.41) is 4.63. The van der Waals surface area contributed by atoms with Gasteiger partial charge < -0.3 is 10.1 Å². The van der Waals surface area contributed by atoms with Gasteiger partial charge in [0.1, 0.15) is 22.3 Å². The second kappa shape index (κ2) is 9.19. The van der Waals surface area contributed by atoms with Crippen molar-refractivity contribution >= 4 is 28.2 Å². The standard InChI is InChI=1S/C16H12ClF10N3O2S/c1-6-3-7(18)8(4-9(6)33(31)5-14(20,21)22)30-11(28-2)10(17)12(29-30)32-16(26,27)13(19)15(23,24)25/h3-4,13,28H,5H2,1-2H3. The predicted molar refractivity (Wildman–Crippen MR) is 96.7 cm³/mol.